The van der Waals surface area contributed by atoms with Crippen LogP contribution in [0.1, 0.15) is 9.80 Å². The number of aromatic nitrogens is 1. The first kappa shape index (κ1) is 6.10. The molecule has 0 aliphatic carbocycles. The van der Waals surface area contributed by atoms with Crippen molar-refractivity contribution in [2.24, 2.45) is 0 Å². The third-order valence-corrected chi connectivity index (χ3v) is 1.49. The minimum atomic E-state index is -0.676. The maximum Gasteiger partial charge on any atom is 0.280 e. The van der Waals surface area contributed by atoms with Gasteiger partial charge in [0.2, 0.25) is 0 Å². The number of nitrogens with zero attached hydrogens (tertiary/aromatic N) is 1. The second-order valence-corrected chi connectivity index (χ2v) is 2.16. The summed E-state index contributed by atoms with van der Waals surface area (Å²) in [6.07, 6.45) is 2.69. The van der Waals surface area contributed by atoms with Crippen LogP contribution < -0.4 is 0 Å². The van der Waals surface area contributed by atoms with Crippen LogP contribution in [0.15, 0.2) is 11.6 Å². The van der Waals surface area contributed by atoms with E-state index >= 15 is 0 Å². The molecule has 1 rings (SSSR count). The van der Waals surface area contributed by atoms with Gasteiger partial charge in [0.05, 0.1) is 0 Å². The highest BCUT2D eigenvalue weighted by Gasteiger charge is 2.05. The highest BCUT2D eigenvalue weighted by Crippen LogP contribution is 2.02. The lowest BCUT2D eigenvalue weighted by atomic mass is 10.5. The number of thiazole rings is 1. The smallest absolute Gasteiger partial charge is 0.280 e. The second kappa shape index (κ2) is 2.50. The van der Waals surface area contributed by atoms with E-state index in [9.17, 15) is 9.59 Å². The van der Waals surface area contributed by atoms with Crippen molar-refractivity contribution in [2.45, 2.75) is 0 Å². The standard InChI is InChI=1S/C5H2NO2S/c7-3-4(8)5-6-1-2-9-5/h1-2H. The quantitative estimate of drug-likeness (QED) is 0.442. The normalized spacial score (nSPS) is 8.89. The van der Waals surface area contributed by atoms with Crippen molar-refractivity contribution >= 4 is 23.4 Å². The molecule has 45 valence electrons. The minimum absolute atomic E-state index is 0.199. The van der Waals surface area contributed by atoms with Crippen molar-refractivity contribution < 1.29 is 9.59 Å². The number of carbonyl (C=O) groups excluding carboxylic acids is 2. The van der Waals surface area contributed by atoms with Crippen LogP contribution in [0.3, 0.4) is 0 Å². The van der Waals surface area contributed by atoms with E-state index in [0.717, 1.165) is 11.3 Å². The van der Waals surface area contributed by atoms with Gasteiger partial charge in [-0.05, 0) is 0 Å². The molecule has 1 aromatic heterocycles. The highest BCUT2D eigenvalue weighted by atomic mass is 32.1. The highest BCUT2D eigenvalue weighted by molar-refractivity contribution is 7.12. The fourth-order valence-corrected chi connectivity index (χ4v) is 0.900. The molecule has 0 aromatic carbocycles. The van der Waals surface area contributed by atoms with E-state index in [4.69, 9.17) is 0 Å². The Morgan fingerprint density at radius 1 is 1.78 bits per heavy atom. The lowest BCUT2D eigenvalue weighted by Gasteiger charge is -1.76. The second-order valence-electron chi connectivity index (χ2n) is 1.27. The van der Waals surface area contributed by atoms with Crippen LogP contribution in [0.25, 0.3) is 0 Å². The van der Waals surface area contributed by atoms with Crippen LogP contribution in [0, 0.1) is 0 Å². The monoisotopic (exact) mass is 140 g/mol. The number of ketones is 1. The Kier molecular flexibility index (Phi) is 1.69. The zero-order valence-electron chi connectivity index (χ0n) is 4.33. The van der Waals surface area contributed by atoms with E-state index in [1.807, 2.05) is 0 Å². The maximum atomic E-state index is 10.4. The van der Waals surface area contributed by atoms with E-state index < -0.39 is 5.78 Å². The Hall–Kier alpha value is -1.03. The van der Waals surface area contributed by atoms with Crippen molar-refractivity contribution in [1.29, 1.82) is 0 Å². The fourth-order valence-electron chi connectivity index (χ4n) is 0.379. The predicted molar refractivity (Wildman–Crippen MR) is 32.1 cm³/mol. The Labute approximate surface area is 55.3 Å². The van der Waals surface area contributed by atoms with E-state index in [1.165, 1.54) is 12.5 Å². The van der Waals surface area contributed by atoms with E-state index in [2.05, 4.69) is 4.98 Å². The number of Topliss-reactive ketones (excluding diaryl/α,β-unsaturated/α-hetero) is 1. The Morgan fingerprint density at radius 2 is 2.56 bits per heavy atom. The van der Waals surface area contributed by atoms with E-state index in [0.29, 0.717) is 0 Å². The first-order valence-electron chi connectivity index (χ1n) is 2.16. The summed E-state index contributed by atoms with van der Waals surface area (Å²) in [5.74, 6) is -0.676. The first-order valence-corrected chi connectivity index (χ1v) is 3.04. The van der Waals surface area contributed by atoms with Gasteiger partial charge in [-0.25, -0.2) is 4.98 Å². The fraction of sp³-hybridized carbons (Fsp3) is 0. The summed E-state index contributed by atoms with van der Waals surface area (Å²) in [5.41, 5.74) is 0. The molecule has 0 N–H and O–H groups in total. The van der Waals surface area contributed by atoms with Crippen molar-refractivity contribution in [2.75, 3.05) is 0 Å². The molecule has 0 unspecified atom stereocenters. The van der Waals surface area contributed by atoms with Gasteiger partial charge >= 0.3 is 0 Å². The number of rotatable bonds is 2. The summed E-state index contributed by atoms with van der Waals surface area (Å²) in [4.78, 5) is 23.7. The minimum Gasteiger partial charge on any atom is -0.282 e. The lowest BCUT2D eigenvalue weighted by Crippen LogP contribution is -1.97. The summed E-state index contributed by atoms with van der Waals surface area (Å²) in [7, 11) is 0. The zero-order valence-corrected chi connectivity index (χ0v) is 5.14. The summed E-state index contributed by atoms with van der Waals surface area (Å²) in [6.45, 7) is 0. The Morgan fingerprint density at radius 3 is 3.00 bits per heavy atom. The molecule has 0 saturated carbocycles. The molecule has 1 aromatic rings. The molecule has 4 heteroatoms. The van der Waals surface area contributed by atoms with Gasteiger partial charge in [0, 0.05) is 11.6 Å². The SMILES string of the molecule is O=[C]C(=O)c1nccs1. The molecular formula is C5H2NO2S. The van der Waals surface area contributed by atoms with Gasteiger partial charge < -0.3 is 0 Å². The number of carbonyl (C=O) groups is 1. The molecule has 1 heterocycles. The molecule has 1 radical (unpaired) electrons. The molecule has 0 aliphatic heterocycles. The molecule has 0 atom stereocenters. The third kappa shape index (κ3) is 1.20. The van der Waals surface area contributed by atoms with Crippen molar-refractivity contribution in [3.8, 4) is 0 Å². The number of hydrogen-bond acceptors (Lipinski definition) is 4. The first-order chi connectivity index (χ1) is 4.34. The van der Waals surface area contributed by atoms with Gasteiger partial charge in [0.25, 0.3) is 12.1 Å². The van der Waals surface area contributed by atoms with Crippen LogP contribution in [0.2, 0.25) is 0 Å². The van der Waals surface area contributed by atoms with Gasteiger partial charge in [0.15, 0.2) is 5.01 Å². The molecular weight excluding hydrogens is 138 g/mol. The van der Waals surface area contributed by atoms with E-state index in [1.54, 1.807) is 5.38 Å². The molecule has 0 aliphatic rings. The predicted octanol–water partition coefficient (Wildman–Crippen LogP) is 0.436. The molecule has 0 saturated heterocycles. The average Bonchev–Trinajstić information content (AvgIpc) is 2.37. The summed E-state index contributed by atoms with van der Waals surface area (Å²) in [6, 6.07) is 0. The van der Waals surface area contributed by atoms with Gasteiger partial charge in [-0.1, -0.05) is 0 Å². The van der Waals surface area contributed by atoms with E-state index in [-0.39, 0.29) is 5.01 Å². The van der Waals surface area contributed by atoms with Crippen molar-refractivity contribution in [3.63, 3.8) is 0 Å². The van der Waals surface area contributed by atoms with Crippen molar-refractivity contribution in [3.05, 3.63) is 16.6 Å². The molecule has 3 nitrogen and oxygen atoms in total. The third-order valence-electron chi connectivity index (χ3n) is 0.719. The largest absolute Gasteiger partial charge is 0.282 e. The van der Waals surface area contributed by atoms with Crippen LogP contribution in [-0.4, -0.2) is 17.1 Å². The number of hydrogen-bond donors (Lipinski definition) is 0. The molecule has 0 spiro atoms. The Balaban J connectivity index is 2.89. The molecule has 9 heavy (non-hydrogen) atoms. The molecule has 0 amide bonds. The van der Waals surface area contributed by atoms with Gasteiger partial charge in [-0.2, -0.15) is 0 Å². The van der Waals surface area contributed by atoms with Crippen molar-refractivity contribution in [1.82, 2.24) is 4.98 Å². The van der Waals surface area contributed by atoms with Crippen LogP contribution >= 0.6 is 11.3 Å². The maximum absolute atomic E-state index is 10.4. The van der Waals surface area contributed by atoms with Gasteiger partial charge in [-0.15, -0.1) is 11.3 Å². The average molecular weight is 140 g/mol. The zero-order chi connectivity index (χ0) is 6.69. The summed E-state index contributed by atoms with van der Waals surface area (Å²) in [5, 5.41) is 1.83. The van der Waals surface area contributed by atoms with Crippen LogP contribution in [0.4, 0.5) is 0 Å². The Bertz CT molecular complexity index is 217. The molecule has 0 fully saturated rings. The van der Waals surface area contributed by atoms with Gasteiger partial charge in [0.1, 0.15) is 0 Å². The van der Waals surface area contributed by atoms with Gasteiger partial charge in [-0.3, -0.25) is 9.59 Å². The summed E-state index contributed by atoms with van der Waals surface area (Å²) >= 11 is 1.13. The van der Waals surface area contributed by atoms with Crippen LogP contribution in [0.5, 0.6) is 0 Å². The summed E-state index contributed by atoms with van der Waals surface area (Å²) < 4.78 is 0. The lowest BCUT2D eigenvalue weighted by molar-refractivity contribution is 0.106. The topological polar surface area (TPSA) is 47.0 Å². The van der Waals surface area contributed by atoms with Crippen LogP contribution in [-0.2, 0) is 4.79 Å². The molecule has 0 bridgehead atoms.